The first-order chi connectivity index (χ1) is 12.0. The fourth-order valence-electron chi connectivity index (χ4n) is 2.72. The minimum atomic E-state index is -0.480. The van der Waals surface area contributed by atoms with Crippen molar-refractivity contribution in [3.63, 3.8) is 0 Å². The number of nitrogens with one attached hydrogen (secondary N) is 1. The predicted octanol–water partition coefficient (Wildman–Crippen LogP) is 1.92. The second-order valence-electron chi connectivity index (χ2n) is 6.45. The third kappa shape index (κ3) is 5.28. The Balaban J connectivity index is 1.45. The van der Waals surface area contributed by atoms with E-state index < -0.39 is 5.82 Å². The van der Waals surface area contributed by atoms with E-state index in [-0.39, 0.29) is 16.8 Å². The van der Waals surface area contributed by atoms with Gasteiger partial charge in [0.1, 0.15) is 5.82 Å². The monoisotopic (exact) mass is 365 g/mol. The van der Waals surface area contributed by atoms with Crippen molar-refractivity contribution >= 4 is 29.5 Å². The second kappa shape index (κ2) is 7.97. The normalized spacial score (nSPS) is 18.6. The molecular weight excluding hydrogens is 345 g/mol. The van der Waals surface area contributed by atoms with Gasteiger partial charge in [-0.3, -0.25) is 14.5 Å². The Morgan fingerprint density at radius 1 is 1.24 bits per heavy atom. The average molecular weight is 366 g/mol. The fourth-order valence-corrected chi connectivity index (χ4v) is 2.91. The average Bonchev–Trinajstić information content (AvgIpc) is 3.40. The highest BCUT2D eigenvalue weighted by Crippen LogP contribution is 2.18. The maximum atomic E-state index is 13.1. The number of hydrogen-bond donors (Lipinski definition) is 1. The van der Waals surface area contributed by atoms with E-state index in [0.29, 0.717) is 44.3 Å². The number of benzene rings is 1. The van der Waals surface area contributed by atoms with Gasteiger partial charge in [0.25, 0.3) is 0 Å². The summed E-state index contributed by atoms with van der Waals surface area (Å²) in [4.78, 5) is 27.9. The van der Waals surface area contributed by atoms with Crippen LogP contribution in [-0.2, 0) is 9.59 Å². The van der Waals surface area contributed by atoms with E-state index in [1.807, 2.05) is 0 Å². The van der Waals surface area contributed by atoms with Crippen LogP contribution in [0, 0.1) is 5.82 Å². The summed E-state index contributed by atoms with van der Waals surface area (Å²) in [6.45, 7) is 2.93. The van der Waals surface area contributed by atoms with Crippen LogP contribution in [0.2, 0.25) is 5.02 Å². The molecule has 1 aromatic carbocycles. The van der Waals surface area contributed by atoms with Crippen molar-refractivity contribution in [2.75, 3.05) is 32.7 Å². The first-order valence-electron chi connectivity index (χ1n) is 8.45. The van der Waals surface area contributed by atoms with Crippen LogP contribution in [0.3, 0.4) is 0 Å². The Hall–Kier alpha value is -1.92. The Kier molecular flexibility index (Phi) is 5.71. The molecule has 0 spiro atoms. The molecule has 1 saturated heterocycles. The summed E-state index contributed by atoms with van der Waals surface area (Å²) in [5.41, 5.74) is 0.676. The van der Waals surface area contributed by atoms with Crippen LogP contribution in [-0.4, -0.2) is 60.4 Å². The maximum Gasteiger partial charge on any atom is 0.246 e. The lowest BCUT2D eigenvalue weighted by Gasteiger charge is -2.33. The summed E-state index contributed by atoms with van der Waals surface area (Å²) in [6.07, 6.45) is 5.27. The number of nitrogens with zero attached hydrogens (tertiary/aromatic N) is 2. The van der Waals surface area contributed by atoms with Gasteiger partial charge in [-0.25, -0.2) is 4.39 Å². The van der Waals surface area contributed by atoms with Crippen molar-refractivity contribution in [1.82, 2.24) is 15.1 Å². The van der Waals surface area contributed by atoms with E-state index >= 15 is 0 Å². The van der Waals surface area contributed by atoms with Gasteiger partial charge in [-0.1, -0.05) is 17.7 Å². The molecule has 2 fully saturated rings. The van der Waals surface area contributed by atoms with E-state index in [9.17, 15) is 14.0 Å². The zero-order chi connectivity index (χ0) is 17.8. The molecule has 1 heterocycles. The van der Waals surface area contributed by atoms with Gasteiger partial charge in [0.05, 0.1) is 11.6 Å². The first kappa shape index (κ1) is 17.9. The molecule has 0 radical (unpaired) electrons. The summed E-state index contributed by atoms with van der Waals surface area (Å²) >= 11 is 5.73. The number of amides is 2. The highest BCUT2D eigenvalue weighted by atomic mass is 35.5. The molecule has 2 amide bonds. The van der Waals surface area contributed by atoms with Crippen LogP contribution in [0.25, 0.3) is 6.08 Å². The van der Waals surface area contributed by atoms with Gasteiger partial charge >= 0.3 is 0 Å². The van der Waals surface area contributed by atoms with Crippen molar-refractivity contribution in [2.45, 2.75) is 18.9 Å². The minimum absolute atomic E-state index is 0.0349. The molecule has 25 heavy (non-hydrogen) atoms. The molecule has 1 aliphatic carbocycles. The highest BCUT2D eigenvalue weighted by molar-refractivity contribution is 6.30. The lowest BCUT2D eigenvalue weighted by molar-refractivity contribution is -0.128. The van der Waals surface area contributed by atoms with Crippen LogP contribution in [0.15, 0.2) is 24.3 Å². The van der Waals surface area contributed by atoms with Gasteiger partial charge in [0, 0.05) is 38.3 Å². The number of piperazine rings is 1. The first-order valence-corrected chi connectivity index (χ1v) is 8.83. The molecule has 0 bridgehead atoms. The smallest absolute Gasteiger partial charge is 0.246 e. The van der Waals surface area contributed by atoms with E-state index in [4.69, 9.17) is 11.6 Å². The molecule has 1 aromatic rings. The van der Waals surface area contributed by atoms with Gasteiger partial charge < -0.3 is 10.2 Å². The molecule has 3 rings (SSSR count). The lowest BCUT2D eigenvalue weighted by atomic mass is 10.2. The van der Waals surface area contributed by atoms with E-state index in [0.717, 1.165) is 12.8 Å². The number of rotatable bonds is 5. The predicted molar refractivity (Wildman–Crippen MR) is 94.6 cm³/mol. The molecule has 1 saturated carbocycles. The molecule has 1 aliphatic heterocycles. The van der Waals surface area contributed by atoms with Crippen LogP contribution in [0.5, 0.6) is 0 Å². The fraction of sp³-hybridized carbons (Fsp3) is 0.444. The summed E-state index contributed by atoms with van der Waals surface area (Å²) < 4.78 is 13.1. The summed E-state index contributed by atoms with van der Waals surface area (Å²) in [7, 11) is 0. The number of hydrogen-bond acceptors (Lipinski definition) is 3. The van der Waals surface area contributed by atoms with Crippen LogP contribution in [0.4, 0.5) is 4.39 Å². The van der Waals surface area contributed by atoms with Crippen molar-refractivity contribution in [2.24, 2.45) is 0 Å². The maximum absolute atomic E-state index is 13.1. The number of carbonyl (C=O) groups excluding carboxylic acids is 2. The zero-order valence-electron chi connectivity index (χ0n) is 13.9. The van der Waals surface area contributed by atoms with E-state index in [1.54, 1.807) is 17.0 Å². The number of halogens is 2. The molecule has 1 N–H and O–H groups in total. The summed E-state index contributed by atoms with van der Waals surface area (Å²) in [5, 5.41) is 3.01. The van der Waals surface area contributed by atoms with Crippen LogP contribution >= 0.6 is 11.6 Å². The van der Waals surface area contributed by atoms with E-state index in [2.05, 4.69) is 10.2 Å². The second-order valence-corrected chi connectivity index (χ2v) is 6.86. The number of carbonyl (C=O) groups is 2. The molecule has 0 unspecified atom stereocenters. The largest absolute Gasteiger partial charge is 0.352 e. The van der Waals surface area contributed by atoms with Gasteiger partial charge in [-0.15, -0.1) is 0 Å². The Morgan fingerprint density at radius 3 is 2.60 bits per heavy atom. The van der Waals surface area contributed by atoms with Gasteiger partial charge in [0.15, 0.2) is 0 Å². The molecule has 5 nitrogen and oxygen atoms in total. The molecule has 2 aliphatic rings. The summed E-state index contributed by atoms with van der Waals surface area (Å²) in [6, 6.07) is 4.71. The lowest BCUT2D eigenvalue weighted by Crippen LogP contribution is -2.51. The van der Waals surface area contributed by atoms with Crippen molar-refractivity contribution in [3.8, 4) is 0 Å². The highest BCUT2D eigenvalue weighted by Gasteiger charge is 2.25. The topological polar surface area (TPSA) is 52.7 Å². The van der Waals surface area contributed by atoms with Crippen LogP contribution in [0.1, 0.15) is 18.4 Å². The Bertz CT molecular complexity index is 683. The van der Waals surface area contributed by atoms with Crippen molar-refractivity contribution in [1.29, 1.82) is 0 Å². The molecular formula is C18H21ClFN3O2. The third-order valence-electron chi connectivity index (χ3n) is 4.36. The van der Waals surface area contributed by atoms with Gasteiger partial charge in [-0.05, 0) is 36.6 Å². The standard InChI is InChI=1S/C18H21ClFN3O2/c19-15-11-13(1-5-16(15)20)2-6-18(25)23-9-7-22(8-10-23)12-17(24)21-14-3-4-14/h1-2,5-6,11,14H,3-4,7-10,12H2,(H,21,24). The molecule has 0 atom stereocenters. The SMILES string of the molecule is O=C(CN1CCN(C(=O)C=Cc2ccc(F)c(Cl)c2)CC1)NC1CC1. The van der Waals surface area contributed by atoms with E-state index in [1.165, 1.54) is 18.2 Å². The van der Waals surface area contributed by atoms with Gasteiger partial charge in [0.2, 0.25) is 11.8 Å². The van der Waals surface area contributed by atoms with Gasteiger partial charge in [-0.2, -0.15) is 0 Å². The Morgan fingerprint density at radius 2 is 1.96 bits per heavy atom. The summed E-state index contributed by atoms with van der Waals surface area (Å²) in [5.74, 6) is -0.509. The molecule has 0 aromatic heterocycles. The van der Waals surface area contributed by atoms with Crippen molar-refractivity contribution in [3.05, 3.63) is 40.7 Å². The zero-order valence-corrected chi connectivity index (χ0v) is 14.6. The molecule has 134 valence electrons. The molecule has 7 heteroatoms. The third-order valence-corrected chi connectivity index (χ3v) is 4.65. The van der Waals surface area contributed by atoms with Crippen LogP contribution < -0.4 is 5.32 Å². The Labute approximate surface area is 151 Å². The van der Waals surface area contributed by atoms with Crippen molar-refractivity contribution < 1.29 is 14.0 Å². The quantitative estimate of drug-likeness (QED) is 0.811. The minimum Gasteiger partial charge on any atom is -0.352 e.